The van der Waals surface area contributed by atoms with Crippen LogP contribution in [0, 0.1) is 0 Å². The van der Waals surface area contributed by atoms with Crippen LogP contribution in [0.1, 0.15) is 6.92 Å². The number of urea groups is 1. The summed E-state index contributed by atoms with van der Waals surface area (Å²) >= 11 is 0. The Morgan fingerprint density at radius 1 is 1.10 bits per heavy atom. The van der Waals surface area contributed by atoms with Gasteiger partial charge in [0.15, 0.2) is 17.6 Å². The highest BCUT2D eigenvalue weighted by molar-refractivity contribution is 6.44. The van der Waals surface area contributed by atoms with E-state index >= 15 is 0 Å². The van der Waals surface area contributed by atoms with Crippen LogP contribution in [-0.2, 0) is 9.59 Å². The first kappa shape index (κ1) is 13.4. The van der Waals surface area contributed by atoms with E-state index < -0.39 is 23.9 Å². The van der Waals surface area contributed by atoms with Gasteiger partial charge in [-0.1, -0.05) is 12.1 Å². The number of hydrogen-bond acceptors (Lipinski definition) is 5. The van der Waals surface area contributed by atoms with Gasteiger partial charge in [-0.15, -0.1) is 0 Å². The van der Waals surface area contributed by atoms with E-state index in [1.807, 2.05) is 6.07 Å². The van der Waals surface area contributed by atoms with Gasteiger partial charge in [-0.3, -0.25) is 19.4 Å². The molecule has 0 unspecified atom stereocenters. The fourth-order valence-electron chi connectivity index (χ4n) is 2.35. The van der Waals surface area contributed by atoms with Crippen LogP contribution in [0.5, 0.6) is 11.5 Å². The van der Waals surface area contributed by atoms with Gasteiger partial charge in [0.2, 0.25) is 0 Å². The summed E-state index contributed by atoms with van der Waals surface area (Å²) in [6.07, 6.45) is -0.489. The smallest absolute Gasteiger partial charge is 0.334 e. The lowest BCUT2D eigenvalue weighted by atomic mass is 10.2. The van der Waals surface area contributed by atoms with Gasteiger partial charge in [0.25, 0.3) is 0 Å². The van der Waals surface area contributed by atoms with Gasteiger partial charge in [-0.25, -0.2) is 4.79 Å². The van der Waals surface area contributed by atoms with E-state index in [1.165, 1.54) is 0 Å². The molecule has 0 aliphatic carbocycles. The van der Waals surface area contributed by atoms with Crippen LogP contribution in [0.15, 0.2) is 24.3 Å². The number of carbonyl (C=O) groups is 3. The number of rotatable bonds is 3. The summed E-state index contributed by atoms with van der Waals surface area (Å²) in [6.45, 7) is 2.02. The molecule has 2 heterocycles. The molecule has 0 saturated carbocycles. The molecule has 7 heteroatoms. The number of hydrogen-bond donors (Lipinski definition) is 0. The molecule has 2 aliphatic rings. The van der Waals surface area contributed by atoms with Crippen LogP contribution >= 0.6 is 0 Å². The first-order chi connectivity index (χ1) is 10.1. The Bertz CT molecular complexity index is 615. The first-order valence-electron chi connectivity index (χ1n) is 6.67. The minimum atomic E-state index is -0.815. The minimum Gasteiger partial charge on any atom is -0.486 e. The Balaban J connectivity index is 1.72. The van der Waals surface area contributed by atoms with E-state index in [1.54, 1.807) is 25.1 Å². The maximum atomic E-state index is 12.0. The van der Waals surface area contributed by atoms with Gasteiger partial charge in [0.1, 0.15) is 6.61 Å². The number of likely N-dealkylation sites (N-methyl/N-ethyl adjacent to an activating group) is 1. The van der Waals surface area contributed by atoms with E-state index in [0.29, 0.717) is 11.5 Å². The molecular formula is C14H14N2O5. The minimum absolute atomic E-state index is 0.00571. The fourth-order valence-corrected chi connectivity index (χ4v) is 2.35. The number of fused-ring (bicyclic) bond motifs is 1. The van der Waals surface area contributed by atoms with E-state index in [2.05, 4.69) is 0 Å². The number of carbonyl (C=O) groups excluding carboxylic acids is 3. The second kappa shape index (κ2) is 5.08. The van der Waals surface area contributed by atoms with E-state index in [0.717, 1.165) is 9.80 Å². The molecule has 1 aromatic carbocycles. The number of imide groups is 2. The van der Waals surface area contributed by atoms with Gasteiger partial charge < -0.3 is 9.47 Å². The van der Waals surface area contributed by atoms with Crippen molar-refractivity contribution in [3.63, 3.8) is 0 Å². The molecule has 110 valence electrons. The summed E-state index contributed by atoms with van der Waals surface area (Å²) in [6, 6.07) is 6.56. The summed E-state index contributed by atoms with van der Waals surface area (Å²) in [7, 11) is 0. The molecule has 1 aromatic rings. The monoisotopic (exact) mass is 290 g/mol. The number of benzene rings is 1. The summed E-state index contributed by atoms with van der Waals surface area (Å²) in [4.78, 5) is 37.3. The third-order valence-corrected chi connectivity index (χ3v) is 3.41. The molecule has 7 nitrogen and oxygen atoms in total. The lowest BCUT2D eigenvalue weighted by Crippen LogP contribution is -2.44. The zero-order valence-corrected chi connectivity index (χ0v) is 11.4. The Hall–Kier alpha value is -2.57. The zero-order chi connectivity index (χ0) is 15.0. The van der Waals surface area contributed by atoms with Crippen molar-refractivity contribution in [3.8, 4) is 11.5 Å². The maximum absolute atomic E-state index is 12.0. The van der Waals surface area contributed by atoms with Crippen molar-refractivity contribution in [2.75, 3.05) is 19.7 Å². The third kappa shape index (κ3) is 2.20. The molecule has 0 spiro atoms. The third-order valence-electron chi connectivity index (χ3n) is 3.41. The highest BCUT2D eigenvalue weighted by Gasteiger charge is 2.45. The molecule has 0 N–H and O–H groups in total. The summed E-state index contributed by atoms with van der Waals surface area (Å²) in [5, 5.41) is 0. The predicted molar refractivity (Wildman–Crippen MR) is 70.8 cm³/mol. The van der Waals surface area contributed by atoms with Gasteiger partial charge >= 0.3 is 17.8 Å². The highest BCUT2D eigenvalue weighted by atomic mass is 16.6. The molecule has 2 aliphatic heterocycles. The molecule has 0 bridgehead atoms. The highest BCUT2D eigenvalue weighted by Crippen LogP contribution is 2.31. The Morgan fingerprint density at radius 3 is 2.43 bits per heavy atom. The molecule has 0 aromatic heterocycles. The quantitative estimate of drug-likeness (QED) is 0.603. The summed E-state index contributed by atoms with van der Waals surface area (Å²) in [5.74, 6) is -0.422. The molecule has 1 atom stereocenters. The van der Waals surface area contributed by atoms with E-state index in [4.69, 9.17) is 9.47 Å². The Morgan fingerprint density at radius 2 is 1.76 bits per heavy atom. The van der Waals surface area contributed by atoms with Gasteiger partial charge in [-0.05, 0) is 19.1 Å². The van der Waals surface area contributed by atoms with Gasteiger partial charge in [0.05, 0.1) is 6.54 Å². The van der Waals surface area contributed by atoms with Crippen molar-refractivity contribution < 1.29 is 23.9 Å². The van der Waals surface area contributed by atoms with Crippen LogP contribution < -0.4 is 9.47 Å². The van der Waals surface area contributed by atoms with Crippen LogP contribution in [0.3, 0.4) is 0 Å². The van der Waals surface area contributed by atoms with E-state index in [9.17, 15) is 14.4 Å². The molecule has 1 saturated heterocycles. The van der Waals surface area contributed by atoms with Gasteiger partial charge in [0, 0.05) is 6.54 Å². The van der Waals surface area contributed by atoms with Crippen molar-refractivity contribution in [3.05, 3.63) is 24.3 Å². The van der Waals surface area contributed by atoms with Crippen molar-refractivity contribution >= 4 is 17.8 Å². The molecular weight excluding hydrogens is 276 g/mol. The number of ether oxygens (including phenoxy) is 2. The normalized spacial score (nSPS) is 21.2. The lowest BCUT2D eigenvalue weighted by Gasteiger charge is -2.28. The standard InChI is InChI=1S/C14H14N2O5/c1-2-15-12(17)13(18)16(14(15)19)7-9-8-20-10-5-3-4-6-11(10)21-9/h3-6,9H,2,7-8H2,1H3/t9-/m0/s1. The van der Waals surface area contributed by atoms with Crippen molar-refractivity contribution in [2.24, 2.45) is 0 Å². The van der Waals surface area contributed by atoms with Crippen molar-refractivity contribution in [2.45, 2.75) is 13.0 Å². The SMILES string of the molecule is CCN1C(=O)C(=O)N(C[C@H]2COc3ccccc3O2)C1=O. The van der Waals surface area contributed by atoms with Crippen molar-refractivity contribution in [1.29, 1.82) is 0 Å². The van der Waals surface area contributed by atoms with Crippen LogP contribution in [0.2, 0.25) is 0 Å². The van der Waals surface area contributed by atoms with Crippen LogP contribution in [0.25, 0.3) is 0 Å². The predicted octanol–water partition coefficient (Wildman–Crippen LogP) is 0.637. The number of amides is 4. The lowest BCUT2D eigenvalue weighted by molar-refractivity contribution is -0.143. The maximum Gasteiger partial charge on any atom is 0.334 e. The average Bonchev–Trinajstić information content (AvgIpc) is 2.70. The summed E-state index contributed by atoms with van der Waals surface area (Å²) in [5.41, 5.74) is 0. The molecule has 0 radical (unpaired) electrons. The Kier molecular flexibility index (Phi) is 3.25. The van der Waals surface area contributed by atoms with E-state index in [-0.39, 0.29) is 19.7 Å². The molecule has 1 fully saturated rings. The summed E-state index contributed by atoms with van der Waals surface area (Å²) < 4.78 is 11.2. The van der Waals surface area contributed by atoms with Gasteiger partial charge in [-0.2, -0.15) is 0 Å². The first-order valence-corrected chi connectivity index (χ1v) is 6.67. The zero-order valence-electron chi connectivity index (χ0n) is 11.4. The molecule has 3 rings (SSSR count). The second-order valence-electron chi connectivity index (χ2n) is 4.75. The number of para-hydroxylation sites is 2. The number of nitrogens with zero attached hydrogens (tertiary/aromatic N) is 2. The average molecular weight is 290 g/mol. The fraction of sp³-hybridized carbons (Fsp3) is 0.357. The second-order valence-corrected chi connectivity index (χ2v) is 4.75. The van der Waals surface area contributed by atoms with Crippen LogP contribution in [-0.4, -0.2) is 53.4 Å². The van der Waals surface area contributed by atoms with Crippen LogP contribution in [0.4, 0.5) is 4.79 Å². The molecule has 21 heavy (non-hydrogen) atoms. The largest absolute Gasteiger partial charge is 0.486 e. The Labute approximate surface area is 121 Å². The topological polar surface area (TPSA) is 76.2 Å². The van der Waals surface area contributed by atoms with Crippen molar-refractivity contribution in [1.82, 2.24) is 9.80 Å². The molecule has 4 amide bonds.